The summed E-state index contributed by atoms with van der Waals surface area (Å²) >= 11 is 0. The Bertz CT molecular complexity index is 1040. The van der Waals surface area contributed by atoms with E-state index >= 15 is 0 Å². The maximum Gasteiger partial charge on any atom is 0.632 e. The van der Waals surface area contributed by atoms with Crippen molar-refractivity contribution in [2.24, 2.45) is 5.92 Å². The third-order valence-corrected chi connectivity index (χ3v) is 6.36. The predicted octanol–water partition coefficient (Wildman–Crippen LogP) is 4.44. The van der Waals surface area contributed by atoms with Gasteiger partial charge in [-0.05, 0) is 36.6 Å². The van der Waals surface area contributed by atoms with E-state index in [1.165, 1.54) is 47.5 Å². The lowest BCUT2D eigenvalue weighted by molar-refractivity contribution is 0.401. The van der Waals surface area contributed by atoms with Gasteiger partial charge in [-0.3, -0.25) is 0 Å². The second-order valence-corrected chi connectivity index (χ2v) is 8.33. The molecule has 7 heteroatoms. The summed E-state index contributed by atoms with van der Waals surface area (Å²) < 4.78 is 24.8. The first-order valence-electron chi connectivity index (χ1n) is 11.3. The highest BCUT2D eigenvalue weighted by Crippen LogP contribution is 2.30. The number of nitrogens with zero attached hydrogens (tertiary/aromatic N) is 1. The van der Waals surface area contributed by atoms with E-state index in [0.717, 1.165) is 17.5 Å². The van der Waals surface area contributed by atoms with Crippen molar-refractivity contribution in [2.45, 2.75) is 46.1 Å². The molecule has 1 aromatic heterocycles. The molecule has 0 saturated carbocycles. The summed E-state index contributed by atoms with van der Waals surface area (Å²) in [7, 11) is -0.769. The van der Waals surface area contributed by atoms with Crippen molar-refractivity contribution in [1.29, 1.82) is 0 Å². The first kappa shape index (κ1) is 20.0. The lowest BCUT2D eigenvalue weighted by atomic mass is 9.77. The Morgan fingerprint density at radius 2 is 1.29 bits per heavy atom. The molecule has 2 aromatic carbocycles. The number of benzene rings is 2. The molecular formula is C24H27B2NO4. The lowest BCUT2D eigenvalue weighted by Gasteiger charge is -2.17. The molecule has 31 heavy (non-hydrogen) atoms. The summed E-state index contributed by atoms with van der Waals surface area (Å²) in [5.74, 6) is 0.662. The molecule has 158 valence electrons. The number of fused-ring (bicyclic) bond motifs is 3. The number of hydrogen-bond acceptors (Lipinski definition) is 4. The van der Waals surface area contributed by atoms with Crippen molar-refractivity contribution in [3.05, 3.63) is 61.4 Å². The first-order chi connectivity index (χ1) is 15.3. The van der Waals surface area contributed by atoms with Crippen LogP contribution in [0.1, 0.15) is 39.5 Å². The number of unbranched alkanes of at least 4 members (excludes halogenated alkanes) is 1. The number of aromatic nitrogens is 1. The molecule has 5 rings (SSSR count). The second-order valence-electron chi connectivity index (χ2n) is 8.33. The van der Waals surface area contributed by atoms with Crippen LogP contribution in [-0.4, -0.2) is 18.8 Å². The molecular weight excluding hydrogens is 388 g/mol. The molecule has 0 amide bonds. The zero-order valence-corrected chi connectivity index (χ0v) is 18.1. The predicted molar refractivity (Wildman–Crippen MR) is 126 cm³/mol. The van der Waals surface area contributed by atoms with Crippen molar-refractivity contribution >= 4 is 47.0 Å². The highest BCUT2D eigenvalue weighted by molar-refractivity contribution is 6.63. The lowest BCUT2D eigenvalue weighted by Crippen LogP contribution is -2.31. The molecule has 2 aliphatic heterocycles. The van der Waals surface area contributed by atoms with E-state index in [1.54, 1.807) is 25.0 Å². The van der Waals surface area contributed by atoms with Gasteiger partial charge in [0.15, 0.2) is 0 Å². The van der Waals surface area contributed by atoms with E-state index < -0.39 is 0 Å². The van der Waals surface area contributed by atoms with Gasteiger partial charge in [0.1, 0.15) is 0 Å². The average molecular weight is 415 g/mol. The molecule has 0 spiro atoms. The van der Waals surface area contributed by atoms with Gasteiger partial charge in [-0.25, -0.2) is 0 Å². The topological polar surface area (TPSA) is 41.9 Å². The molecule has 3 heterocycles. The minimum absolute atomic E-state index is 0.385. The van der Waals surface area contributed by atoms with E-state index in [9.17, 15) is 0 Å². The van der Waals surface area contributed by atoms with Crippen LogP contribution in [0.15, 0.2) is 61.4 Å². The zero-order valence-electron chi connectivity index (χ0n) is 18.1. The van der Waals surface area contributed by atoms with Gasteiger partial charge in [-0.1, -0.05) is 45.2 Å². The first-order valence-corrected chi connectivity index (χ1v) is 11.3. The average Bonchev–Trinajstić information content (AvgIpc) is 3.57. The highest BCUT2D eigenvalue weighted by Gasteiger charge is 2.30. The van der Waals surface area contributed by atoms with Gasteiger partial charge in [0.25, 0.3) is 0 Å². The van der Waals surface area contributed by atoms with Crippen LogP contribution in [0.2, 0.25) is 0 Å². The van der Waals surface area contributed by atoms with Crippen LogP contribution in [0.4, 0.5) is 0 Å². The summed E-state index contributed by atoms with van der Waals surface area (Å²) in [6.07, 6.45) is 11.3. The molecule has 0 bridgehead atoms. The molecule has 0 fully saturated rings. The summed E-state index contributed by atoms with van der Waals surface area (Å²) in [6, 6.07) is 13.0. The van der Waals surface area contributed by atoms with Crippen LogP contribution in [-0.2, 0) is 25.2 Å². The van der Waals surface area contributed by atoms with Crippen LogP contribution in [0, 0.1) is 5.92 Å². The Balaban J connectivity index is 1.61. The molecule has 1 unspecified atom stereocenters. The van der Waals surface area contributed by atoms with Gasteiger partial charge in [0.05, 0.1) is 25.0 Å². The van der Waals surface area contributed by atoms with E-state index in [-0.39, 0.29) is 14.2 Å². The molecule has 0 N–H and O–H groups in total. The van der Waals surface area contributed by atoms with Crippen LogP contribution >= 0.6 is 0 Å². The Kier molecular flexibility index (Phi) is 5.58. The van der Waals surface area contributed by atoms with E-state index in [4.69, 9.17) is 18.6 Å². The Labute approximate surface area is 183 Å². The summed E-state index contributed by atoms with van der Waals surface area (Å²) in [5, 5.41) is 2.40. The SMILES string of the molecule is CCCCC(CC)Cn1c2ccc(B3OC=CO3)cc2c2cc(B3OC=CO3)ccc21. The van der Waals surface area contributed by atoms with Gasteiger partial charge >= 0.3 is 14.2 Å². The largest absolute Gasteiger partial charge is 0.632 e. The standard InChI is InChI=1S/C24H27B2NO4/c1-3-5-6-18(4-2)17-27-23-9-7-19(25-28-11-12-29-25)15-21(23)22-16-20(8-10-24(22)27)26-30-13-14-31-26/h7-16,18H,3-6,17H2,1-2H3. The normalized spacial score (nSPS) is 15.9. The maximum atomic E-state index is 5.58. The van der Waals surface area contributed by atoms with Crippen molar-refractivity contribution in [3.63, 3.8) is 0 Å². The smallest absolute Gasteiger partial charge is 0.525 e. The number of rotatable bonds is 8. The molecule has 1 atom stereocenters. The fourth-order valence-corrected chi connectivity index (χ4v) is 4.60. The summed E-state index contributed by atoms with van der Waals surface area (Å²) in [4.78, 5) is 0. The van der Waals surface area contributed by atoms with Gasteiger partial charge in [0, 0.05) is 39.3 Å². The maximum absolute atomic E-state index is 5.58. The summed E-state index contributed by atoms with van der Waals surface area (Å²) in [5.41, 5.74) is 4.50. The molecule has 0 saturated heterocycles. The van der Waals surface area contributed by atoms with Crippen molar-refractivity contribution in [1.82, 2.24) is 4.57 Å². The zero-order chi connectivity index (χ0) is 21.2. The quantitative estimate of drug-likeness (QED) is 0.511. The van der Waals surface area contributed by atoms with E-state index in [0.29, 0.717) is 5.92 Å². The third-order valence-electron chi connectivity index (χ3n) is 6.36. The minimum atomic E-state index is -0.385. The molecule has 2 aliphatic rings. The molecule has 3 aromatic rings. The van der Waals surface area contributed by atoms with E-state index in [2.05, 4.69) is 54.8 Å². The molecule has 0 aliphatic carbocycles. The van der Waals surface area contributed by atoms with Crippen molar-refractivity contribution < 1.29 is 18.6 Å². The van der Waals surface area contributed by atoms with E-state index in [1.807, 2.05) is 0 Å². The van der Waals surface area contributed by atoms with Gasteiger partial charge in [-0.2, -0.15) is 0 Å². The number of hydrogen-bond donors (Lipinski definition) is 0. The Morgan fingerprint density at radius 3 is 1.74 bits per heavy atom. The molecule has 0 radical (unpaired) electrons. The van der Waals surface area contributed by atoms with Gasteiger partial charge < -0.3 is 23.2 Å². The fraction of sp³-hybridized carbons (Fsp3) is 0.333. The van der Waals surface area contributed by atoms with Crippen LogP contribution in [0.5, 0.6) is 0 Å². The van der Waals surface area contributed by atoms with Gasteiger partial charge in [0.2, 0.25) is 0 Å². The van der Waals surface area contributed by atoms with Crippen molar-refractivity contribution in [2.75, 3.05) is 0 Å². The monoisotopic (exact) mass is 415 g/mol. The van der Waals surface area contributed by atoms with Crippen LogP contribution < -0.4 is 10.9 Å². The highest BCUT2D eigenvalue weighted by atomic mass is 16.6. The van der Waals surface area contributed by atoms with Crippen molar-refractivity contribution in [3.8, 4) is 0 Å². The second kappa shape index (κ2) is 8.66. The van der Waals surface area contributed by atoms with Crippen LogP contribution in [0.25, 0.3) is 21.8 Å². The third kappa shape index (κ3) is 3.78. The fourth-order valence-electron chi connectivity index (χ4n) is 4.60. The molecule has 5 nitrogen and oxygen atoms in total. The summed E-state index contributed by atoms with van der Waals surface area (Å²) in [6.45, 7) is 5.58. The minimum Gasteiger partial charge on any atom is -0.525 e. The van der Waals surface area contributed by atoms with Crippen LogP contribution in [0.3, 0.4) is 0 Å². The Hall–Kier alpha value is -2.95. The van der Waals surface area contributed by atoms with Gasteiger partial charge in [-0.15, -0.1) is 0 Å². The Morgan fingerprint density at radius 1 is 0.774 bits per heavy atom.